The van der Waals surface area contributed by atoms with Gasteiger partial charge in [0, 0.05) is 65.0 Å². The fraction of sp³-hybridized carbons (Fsp3) is 0.0137. The highest BCUT2D eigenvalue weighted by atomic mass is 32.1. The summed E-state index contributed by atoms with van der Waals surface area (Å²) < 4.78 is 16.8. The molecule has 0 saturated carbocycles. The molecule has 1 aliphatic heterocycles. The average Bonchev–Trinajstić information content (AvgIpc) is 4.25. The molecule has 5 heteroatoms. The number of hydrogen-bond donors (Lipinski definition) is 0. The quantitative estimate of drug-likeness (QED) is 0.152. The summed E-state index contributed by atoms with van der Waals surface area (Å²) in [6.45, 7) is 0. The number of anilines is 6. The van der Waals surface area contributed by atoms with Gasteiger partial charge in [0.2, 0.25) is 0 Å². The van der Waals surface area contributed by atoms with Crippen LogP contribution in [0.2, 0.25) is 0 Å². The Hall–Kier alpha value is -9.94. The number of hydrogen-bond acceptors (Lipinski definition) is 5. The molecule has 1 aliphatic carbocycles. The van der Waals surface area contributed by atoms with Gasteiger partial charge in [-0.3, -0.25) is 0 Å². The van der Waals surface area contributed by atoms with Crippen molar-refractivity contribution in [3.05, 3.63) is 301 Å². The van der Waals surface area contributed by atoms with Crippen LogP contribution in [0, 0.1) is 0 Å². The van der Waals surface area contributed by atoms with Gasteiger partial charge in [0.15, 0.2) is 0 Å². The van der Waals surface area contributed by atoms with Crippen molar-refractivity contribution in [3.8, 4) is 44.9 Å². The highest BCUT2D eigenvalue weighted by molar-refractivity contribution is 7.26. The number of furan rings is 1. The summed E-state index contributed by atoms with van der Waals surface area (Å²) >= 11 is 1.84. The maximum absolute atomic E-state index is 7.32. The number of para-hydroxylation sites is 2. The molecular formula is C73H46N2O2S. The van der Waals surface area contributed by atoms with Crippen LogP contribution in [0.5, 0.6) is 11.5 Å². The van der Waals surface area contributed by atoms with E-state index in [1.54, 1.807) is 0 Å². The Labute approximate surface area is 455 Å². The van der Waals surface area contributed by atoms with Crippen molar-refractivity contribution in [3.63, 3.8) is 0 Å². The van der Waals surface area contributed by atoms with Crippen LogP contribution in [0.25, 0.3) is 75.5 Å². The zero-order valence-corrected chi connectivity index (χ0v) is 43.0. The van der Waals surface area contributed by atoms with Crippen LogP contribution in [-0.2, 0) is 5.41 Å². The lowest BCUT2D eigenvalue weighted by molar-refractivity contribution is 0.438. The van der Waals surface area contributed by atoms with Crippen molar-refractivity contribution in [2.75, 3.05) is 9.80 Å². The third kappa shape index (κ3) is 6.65. The van der Waals surface area contributed by atoms with Crippen LogP contribution < -0.4 is 14.5 Å². The molecule has 16 rings (SSSR count). The maximum Gasteiger partial charge on any atom is 0.140 e. The van der Waals surface area contributed by atoms with Crippen LogP contribution in [0.3, 0.4) is 0 Å². The third-order valence-electron chi connectivity index (χ3n) is 16.1. The minimum absolute atomic E-state index is 0.703. The first kappa shape index (κ1) is 44.4. The Bertz CT molecular complexity index is 4630. The zero-order chi connectivity index (χ0) is 51.3. The van der Waals surface area contributed by atoms with Gasteiger partial charge in [0.1, 0.15) is 22.7 Å². The Balaban J connectivity index is 0.986. The van der Waals surface area contributed by atoms with Crippen LogP contribution in [0.1, 0.15) is 22.3 Å². The second-order valence-corrected chi connectivity index (χ2v) is 21.4. The number of fused-ring (bicyclic) bond motifs is 15. The van der Waals surface area contributed by atoms with E-state index in [-0.39, 0.29) is 0 Å². The van der Waals surface area contributed by atoms with E-state index < -0.39 is 5.41 Å². The molecule has 12 aromatic carbocycles. The summed E-state index contributed by atoms with van der Waals surface area (Å²) in [5.74, 6) is 1.71. The third-order valence-corrected chi connectivity index (χ3v) is 17.2. The second-order valence-electron chi connectivity index (χ2n) is 20.3. The number of benzene rings is 12. The van der Waals surface area contributed by atoms with E-state index in [1.165, 1.54) is 42.4 Å². The fourth-order valence-corrected chi connectivity index (χ4v) is 14.0. The Morgan fingerprint density at radius 3 is 1.69 bits per heavy atom. The topological polar surface area (TPSA) is 28.9 Å². The summed E-state index contributed by atoms with van der Waals surface area (Å²) in [5.41, 5.74) is 18.6. The van der Waals surface area contributed by atoms with Crippen molar-refractivity contribution >= 4 is 87.6 Å². The summed E-state index contributed by atoms with van der Waals surface area (Å²) in [4.78, 5) is 4.87. The van der Waals surface area contributed by atoms with E-state index in [0.29, 0.717) is 0 Å². The molecule has 0 radical (unpaired) electrons. The van der Waals surface area contributed by atoms with Gasteiger partial charge in [-0.25, -0.2) is 0 Å². The molecule has 14 aromatic rings. The normalized spacial score (nSPS) is 12.8. The smallest absolute Gasteiger partial charge is 0.140 e. The predicted molar refractivity (Wildman–Crippen MR) is 324 cm³/mol. The molecule has 0 atom stereocenters. The van der Waals surface area contributed by atoms with Crippen LogP contribution in [0.4, 0.5) is 34.1 Å². The van der Waals surface area contributed by atoms with Gasteiger partial charge < -0.3 is 19.0 Å². The molecule has 1 spiro atoms. The van der Waals surface area contributed by atoms with Gasteiger partial charge in [0.25, 0.3) is 0 Å². The summed E-state index contributed by atoms with van der Waals surface area (Å²) in [6, 6.07) is 101. The molecule has 0 bridgehead atoms. The monoisotopic (exact) mass is 1010 g/mol. The fourth-order valence-electron chi connectivity index (χ4n) is 12.9. The summed E-state index contributed by atoms with van der Waals surface area (Å²) in [7, 11) is 0. The molecule has 0 N–H and O–H groups in total. The number of nitrogens with zero attached hydrogens (tertiary/aromatic N) is 2. The maximum atomic E-state index is 7.32. The minimum atomic E-state index is -0.703. The van der Waals surface area contributed by atoms with E-state index in [0.717, 1.165) is 101 Å². The van der Waals surface area contributed by atoms with Crippen molar-refractivity contribution in [1.82, 2.24) is 0 Å². The SMILES string of the molecule is c1ccc(-c2cccc(N(c3cc(-c4ccccc4)c4c(c3)C3(c5ccccc5O4)c4ccccc4-c4ccccc43)c3ccc4oc5cccc(N(c6ccccc6)c6cccc7sc8ccccc8c67)c5c4c3)c2)cc1. The Morgan fingerprint density at radius 2 is 0.910 bits per heavy atom. The van der Waals surface area contributed by atoms with E-state index in [4.69, 9.17) is 9.15 Å². The van der Waals surface area contributed by atoms with Crippen molar-refractivity contribution in [2.24, 2.45) is 0 Å². The molecule has 0 fully saturated rings. The zero-order valence-electron chi connectivity index (χ0n) is 42.2. The second kappa shape index (κ2) is 17.6. The van der Waals surface area contributed by atoms with E-state index >= 15 is 0 Å². The Kier molecular flexibility index (Phi) is 9.99. The van der Waals surface area contributed by atoms with E-state index in [1.807, 2.05) is 11.3 Å². The predicted octanol–water partition coefficient (Wildman–Crippen LogP) is 20.7. The first-order valence-electron chi connectivity index (χ1n) is 26.6. The molecule has 0 saturated heterocycles. The van der Waals surface area contributed by atoms with Crippen molar-refractivity contribution in [2.45, 2.75) is 5.41 Å². The van der Waals surface area contributed by atoms with Crippen LogP contribution in [0.15, 0.2) is 283 Å². The highest BCUT2D eigenvalue weighted by Crippen LogP contribution is 2.64. The van der Waals surface area contributed by atoms with Crippen molar-refractivity contribution < 1.29 is 9.15 Å². The van der Waals surface area contributed by atoms with Crippen LogP contribution in [-0.4, -0.2) is 0 Å². The number of rotatable bonds is 8. The molecule has 78 heavy (non-hydrogen) atoms. The van der Waals surface area contributed by atoms with Gasteiger partial charge in [-0.2, -0.15) is 0 Å². The standard InChI is InChI=1S/C73H46N2O2S/c1-4-21-47(22-5-1)49-25-18-28-51(43-49)74(53-45-57(48-23-6-2-7-24-48)72-62(46-53)73(61-34-15-16-37-66(61)77-72)59-32-13-10-29-54(59)55-30-11-14-33-60(55)73)52-41-42-65-58(44-52)70-63(35-19-38-67(70)76-65)75(50-26-8-3-9-27-50)64-36-20-40-69-71(64)56-31-12-17-39-68(56)78-69/h1-46H. The van der Waals surface area contributed by atoms with E-state index in [9.17, 15) is 0 Å². The lowest BCUT2D eigenvalue weighted by Gasteiger charge is -2.41. The summed E-state index contributed by atoms with van der Waals surface area (Å²) in [6.07, 6.45) is 0. The van der Waals surface area contributed by atoms with E-state index in [2.05, 4.69) is 289 Å². The van der Waals surface area contributed by atoms with Gasteiger partial charge >= 0.3 is 0 Å². The molecular weight excluding hydrogens is 969 g/mol. The first-order chi connectivity index (χ1) is 38.7. The van der Waals surface area contributed by atoms with Gasteiger partial charge in [0.05, 0.1) is 22.2 Å². The average molecular weight is 1020 g/mol. The first-order valence-corrected chi connectivity index (χ1v) is 27.4. The molecule has 366 valence electrons. The van der Waals surface area contributed by atoms with Crippen molar-refractivity contribution in [1.29, 1.82) is 0 Å². The molecule has 0 unspecified atom stereocenters. The largest absolute Gasteiger partial charge is 0.456 e. The minimum Gasteiger partial charge on any atom is -0.456 e. The molecule has 4 nitrogen and oxygen atoms in total. The highest BCUT2D eigenvalue weighted by Gasteiger charge is 2.52. The van der Waals surface area contributed by atoms with Crippen LogP contribution >= 0.6 is 11.3 Å². The molecule has 2 aromatic heterocycles. The van der Waals surface area contributed by atoms with Gasteiger partial charge in [-0.15, -0.1) is 11.3 Å². The molecule has 0 amide bonds. The lowest BCUT2D eigenvalue weighted by atomic mass is 9.65. The van der Waals surface area contributed by atoms with Gasteiger partial charge in [-0.05, 0) is 130 Å². The molecule has 3 heterocycles. The molecule has 2 aliphatic rings. The summed E-state index contributed by atoms with van der Waals surface area (Å²) in [5, 5.41) is 4.52. The lowest BCUT2D eigenvalue weighted by Crippen LogP contribution is -2.32. The Morgan fingerprint density at radius 1 is 0.321 bits per heavy atom. The number of thiophene rings is 1. The van der Waals surface area contributed by atoms with Gasteiger partial charge in [-0.1, -0.05) is 188 Å². The number of ether oxygens (including phenoxy) is 1.